The molecule has 2 unspecified atom stereocenters. The molecule has 18 heavy (non-hydrogen) atoms. The first-order valence-electron chi connectivity index (χ1n) is 6.47. The summed E-state index contributed by atoms with van der Waals surface area (Å²) in [5.41, 5.74) is 0.273. The van der Waals surface area contributed by atoms with E-state index in [2.05, 4.69) is 28.2 Å². The lowest BCUT2D eigenvalue weighted by Crippen LogP contribution is -2.19. The van der Waals surface area contributed by atoms with E-state index in [4.69, 9.17) is 0 Å². The van der Waals surface area contributed by atoms with Gasteiger partial charge in [0.15, 0.2) is 0 Å². The fourth-order valence-electron chi connectivity index (χ4n) is 2.48. The molecule has 1 aliphatic carbocycles. The predicted molar refractivity (Wildman–Crippen MR) is 73.7 cm³/mol. The summed E-state index contributed by atoms with van der Waals surface area (Å²) in [5.74, 6) is -0.0928. The highest BCUT2D eigenvalue weighted by atomic mass is 79.9. The molecule has 0 radical (unpaired) electrons. The Morgan fingerprint density at radius 1 is 1.11 bits per heavy atom. The largest absolute Gasteiger partial charge is 0.380 e. The average molecular weight is 318 g/mol. The van der Waals surface area contributed by atoms with Gasteiger partial charge >= 0.3 is 0 Å². The van der Waals surface area contributed by atoms with Crippen LogP contribution in [-0.4, -0.2) is 6.04 Å². The van der Waals surface area contributed by atoms with Crippen LogP contribution in [0.2, 0.25) is 0 Å². The van der Waals surface area contributed by atoms with Crippen molar-refractivity contribution in [2.75, 3.05) is 5.32 Å². The maximum atomic E-state index is 13.7. The second kappa shape index (κ2) is 6.00. The Bertz CT molecular complexity index is 423. The number of nitrogens with one attached hydrogen (secondary N) is 1. The van der Waals surface area contributed by atoms with Crippen LogP contribution >= 0.6 is 15.9 Å². The number of hydrogen-bond donors (Lipinski definition) is 1. The minimum absolute atomic E-state index is 0.167. The summed E-state index contributed by atoms with van der Waals surface area (Å²) >= 11 is 2.98. The molecule has 0 aromatic heterocycles. The Kier molecular flexibility index (Phi) is 4.60. The molecular formula is C14H18BrF2N. The Hall–Kier alpha value is -0.640. The topological polar surface area (TPSA) is 12.0 Å². The summed E-state index contributed by atoms with van der Waals surface area (Å²) < 4.78 is 27.3. The molecule has 4 heteroatoms. The van der Waals surface area contributed by atoms with E-state index >= 15 is 0 Å². The fourth-order valence-corrected chi connectivity index (χ4v) is 2.80. The van der Waals surface area contributed by atoms with E-state index in [-0.39, 0.29) is 16.2 Å². The average Bonchev–Trinajstić information content (AvgIpc) is 2.51. The number of anilines is 1. The van der Waals surface area contributed by atoms with Crippen LogP contribution in [-0.2, 0) is 0 Å². The first kappa shape index (κ1) is 13.8. The maximum Gasteiger partial charge on any atom is 0.147 e. The van der Waals surface area contributed by atoms with Gasteiger partial charge in [-0.1, -0.05) is 19.8 Å². The maximum absolute atomic E-state index is 13.7. The van der Waals surface area contributed by atoms with Crippen molar-refractivity contribution in [2.45, 2.75) is 45.1 Å². The molecule has 1 fully saturated rings. The van der Waals surface area contributed by atoms with Gasteiger partial charge < -0.3 is 5.32 Å². The summed E-state index contributed by atoms with van der Waals surface area (Å²) in [5, 5.41) is 3.14. The molecule has 0 amide bonds. The molecule has 0 aliphatic heterocycles. The monoisotopic (exact) mass is 317 g/mol. The predicted octanol–water partition coefficient (Wildman–Crippen LogP) is 5.11. The van der Waals surface area contributed by atoms with E-state index in [1.165, 1.54) is 18.6 Å². The molecule has 1 aromatic carbocycles. The molecule has 100 valence electrons. The van der Waals surface area contributed by atoms with Crippen molar-refractivity contribution >= 4 is 21.6 Å². The lowest BCUT2D eigenvalue weighted by molar-refractivity contribution is 0.501. The second-order valence-corrected chi connectivity index (χ2v) is 6.06. The van der Waals surface area contributed by atoms with Gasteiger partial charge in [0.2, 0.25) is 0 Å². The first-order chi connectivity index (χ1) is 8.56. The van der Waals surface area contributed by atoms with E-state index in [0.717, 1.165) is 31.6 Å². The van der Waals surface area contributed by atoms with Crippen LogP contribution < -0.4 is 5.32 Å². The molecule has 1 N–H and O–H groups in total. The van der Waals surface area contributed by atoms with Crippen molar-refractivity contribution in [1.29, 1.82) is 0 Å². The zero-order valence-electron chi connectivity index (χ0n) is 10.5. The van der Waals surface area contributed by atoms with Crippen LogP contribution in [0.3, 0.4) is 0 Å². The molecule has 0 bridgehead atoms. The highest BCUT2D eigenvalue weighted by molar-refractivity contribution is 9.10. The third-order valence-electron chi connectivity index (χ3n) is 3.63. The van der Waals surface area contributed by atoms with Gasteiger partial charge in [0.1, 0.15) is 11.6 Å². The molecule has 0 saturated heterocycles. The van der Waals surface area contributed by atoms with Crippen molar-refractivity contribution in [3.05, 3.63) is 28.2 Å². The quantitative estimate of drug-likeness (QED) is 0.590. The molecule has 1 aromatic rings. The molecule has 0 spiro atoms. The zero-order valence-corrected chi connectivity index (χ0v) is 12.1. The van der Waals surface area contributed by atoms with Crippen LogP contribution in [0.1, 0.15) is 39.0 Å². The van der Waals surface area contributed by atoms with Gasteiger partial charge in [-0.15, -0.1) is 0 Å². The fraction of sp³-hybridized carbons (Fsp3) is 0.571. The number of halogens is 3. The van der Waals surface area contributed by atoms with Crippen molar-refractivity contribution < 1.29 is 8.78 Å². The van der Waals surface area contributed by atoms with Gasteiger partial charge in [-0.25, -0.2) is 8.78 Å². The van der Waals surface area contributed by atoms with E-state index in [9.17, 15) is 8.78 Å². The van der Waals surface area contributed by atoms with Crippen LogP contribution in [0.5, 0.6) is 0 Å². The van der Waals surface area contributed by atoms with E-state index in [1.54, 1.807) is 0 Å². The summed E-state index contributed by atoms with van der Waals surface area (Å²) in [7, 11) is 0. The summed E-state index contributed by atoms with van der Waals surface area (Å²) in [6, 6.07) is 2.66. The van der Waals surface area contributed by atoms with Crippen molar-refractivity contribution in [3.63, 3.8) is 0 Å². The Morgan fingerprint density at radius 3 is 2.67 bits per heavy atom. The molecule has 2 rings (SSSR count). The van der Waals surface area contributed by atoms with Gasteiger partial charge in [0.05, 0.1) is 10.2 Å². The molecule has 1 aliphatic rings. The third kappa shape index (κ3) is 3.44. The second-order valence-electron chi connectivity index (χ2n) is 5.20. The number of benzene rings is 1. The van der Waals surface area contributed by atoms with E-state index < -0.39 is 11.6 Å². The van der Waals surface area contributed by atoms with Gasteiger partial charge in [0, 0.05) is 12.1 Å². The Morgan fingerprint density at radius 2 is 1.89 bits per heavy atom. The van der Waals surface area contributed by atoms with Crippen LogP contribution in [0.25, 0.3) is 0 Å². The van der Waals surface area contributed by atoms with Crippen molar-refractivity contribution in [1.82, 2.24) is 0 Å². The lowest BCUT2D eigenvalue weighted by Gasteiger charge is -2.18. The normalized spacial score (nSPS) is 24.7. The highest BCUT2D eigenvalue weighted by Gasteiger charge is 2.18. The minimum Gasteiger partial charge on any atom is -0.380 e. The van der Waals surface area contributed by atoms with Gasteiger partial charge in [-0.3, -0.25) is 0 Å². The lowest BCUT2D eigenvalue weighted by atomic mass is 10.0. The summed E-state index contributed by atoms with van der Waals surface area (Å²) in [6.07, 6.45) is 5.59. The van der Waals surface area contributed by atoms with Gasteiger partial charge in [-0.2, -0.15) is 0 Å². The standard InChI is InChI=1S/C14H18BrF2N/c1-9-3-2-4-10(6-5-9)18-14-8-12(16)11(15)7-13(14)17/h7-10,18H,2-6H2,1H3. The Labute approximate surface area is 115 Å². The molecule has 1 nitrogen and oxygen atoms in total. The van der Waals surface area contributed by atoms with E-state index in [1.807, 2.05) is 0 Å². The third-order valence-corrected chi connectivity index (χ3v) is 4.23. The molecular weight excluding hydrogens is 300 g/mol. The molecule has 2 atom stereocenters. The summed E-state index contributed by atoms with van der Waals surface area (Å²) in [4.78, 5) is 0. The SMILES string of the molecule is CC1CCCC(Nc2cc(F)c(Br)cc2F)CC1. The smallest absolute Gasteiger partial charge is 0.147 e. The first-order valence-corrected chi connectivity index (χ1v) is 7.26. The van der Waals surface area contributed by atoms with E-state index in [0.29, 0.717) is 0 Å². The molecule has 1 saturated carbocycles. The van der Waals surface area contributed by atoms with Gasteiger partial charge in [0.25, 0.3) is 0 Å². The van der Waals surface area contributed by atoms with Gasteiger partial charge in [-0.05, 0) is 47.2 Å². The van der Waals surface area contributed by atoms with Crippen molar-refractivity contribution in [3.8, 4) is 0 Å². The zero-order chi connectivity index (χ0) is 13.1. The number of hydrogen-bond acceptors (Lipinski definition) is 1. The highest BCUT2D eigenvalue weighted by Crippen LogP contribution is 2.28. The Balaban J connectivity index is 2.06. The minimum atomic E-state index is -0.430. The van der Waals surface area contributed by atoms with Crippen LogP contribution in [0.15, 0.2) is 16.6 Å². The van der Waals surface area contributed by atoms with Crippen molar-refractivity contribution in [2.24, 2.45) is 5.92 Å². The van der Waals surface area contributed by atoms with Crippen LogP contribution in [0, 0.1) is 17.6 Å². The number of rotatable bonds is 2. The van der Waals surface area contributed by atoms with Crippen LogP contribution in [0.4, 0.5) is 14.5 Å². The molecule has 0 heterocycles. The summed E-state index contributed by atoms with van der Waals surface area (Å²) in [6.45, 7) is 2.25.